The third-order valence-corrected chi connectivity index (χ3v) is 6.11. The standard InChI is InChI=1S/C21H27N3O3S/c1-17-8-3-5-10-19(17)24(28(2,26)27)16-21(25)22-13-7-14-23-15-12-18-9-4-6-11-20(18)23/h3-6,8-11H,7,12-16H2,1-2H3,(H,22,25). The Kier molecular flexibility index (Phi) is 6.24. The number of anilines is 2. The molecule has 1 amide bonds. The molecular formula is C21H27N3O3S. The molecule has 0 fully saturated rings. The first kappa shape index (κ1) is 20.2. The van der Waals surface area contributed by atoms with Crippen molar-refractivity contribution in [1.29, 1.82) is 0 Å². The summed E-state index contributed by atoms with van der Waals surface area (Å²) in [5.74, 6) is -0.296. The average molecular weight is 402 g/mol. The highest BCUT2D eigenvalue weighted by atomic mass is 32.2. The fourth-order valence-corrected chi connectivity index (χ4v) is 4.46. The molecule has 0 aromatic heterocycles. The molecule has 1 aliphatic rings. The maximum Gasteiger partial charge on any atom is 0.240 e. The van der Waals surface area contributed by atoms with Crippen molar-refractivity contribution in [3.63, 3.8) is 0 Å². The minimum atomic E-state index is -3.55. The molecular weight excluding hydrogens is 374 g/mol. The van der Waals surface area contributed by atoms with Crippen molar-refractivity contribution >= 4 is 27.3 Å². The Morgan fingerprint density at radius 3 is 2.61 bits per heavy atom. The lowest BCUT2D eigenvalue weighted by Gasteiger charge is -2.24. The first-order valence-electron chi connectivity index (χ1n) is 9.49. The Bertz CT molecular complexity index is 943. The van der Waals surface area contributed by atoms with Crippen molar-refractivity contribution in [2.24, 2.45) is 0 Å². The van der Waals surface area contributed by atoms with E-state index in [2.05, 4.69) is 28.4 Å². The minimum Gasteiger partial charge on any atom is -0.371 e. The summed E-state index contributed by atoms with van der Waals surface area (Å²) < 4.78 is 25.5. The Hall–Kier alpha value is -2.54. The molecule has 0 saturated heterocycles. The number of hydrogen-bond donors (Lipinski definition) is 1. The van der Waals surface area contributed by atoms with Gasteiger partial charge in [0.05, 0.1) is 11.9 Å². The molecule has 150 valence electrons. The molecule has 2 aromatic rings. The van der Waals surface area contributed by atoms with E-state index in [1.807, 2.05) is 25.1 Å². The van der Waals surface area contributed by atoms with Gasteiger partial charge in [-0.15, -0.1) is 0 Å². The predicted octanol–water partition coefficient (Wildman–Crippen LogP) is 2.33. The number of sulfonamides is 1. The Balaban J connectivity index is 1.51. The highest BCUT2D eigenvalue weighted by Gasteiger charge is 2.22. The van der Waals surface area contributed by atoms with E-state index in [-0.39, 0.29) is 12.5 Å². The van der Waals surface area contributed by atoms with Gasteiger partial charge in [-0.05, 0) is 43.0 Å². The number of carbonyl (C=O) groups excluding carboxylic acids is 1. The summed E-state index contributed by atoms with van der Waals surface area (Å²) in [5.41, 5.74) is 3.99. The van der Waals surface area contributed by atoms with Gasteiger partial charge in [0.15, 0.2) is 0 Å². The van der Waals surface area contributed by atoms with Gasteiger partial charge >= 0.3 is 0 Å². The molecule has 1 N–H and O–H groups in total. The van der Waals surface area contributed by atoms with Crippen molar-refractivity contribution in [3.8, 4) is 0 Å². The number of fused-ring (bicyclic) bond motifs is 1. The Morgan fingerprint density at radius 1 is 1.14 bits per heavy atom. The SMILES string of the molecule is Cc1ccccc1N(CC(=O)NCCCN1CCc2ccccc21)S(C)(=O)=O. The normalized spacial score (nSPS) is 13.3. The van der Waals surface area contributed by atoms with Crippen molar-refractivity contribution in [3.05, 3.63) is 59.7 Å². The highest BCUT2D eigenvalue weighted by Crippen LogP contribution is 2.27. The molecule has 28 heavy (non-hydrogen) atoms. The molecule has 0 aliphatic carbocycles. The molecule has 0 spiro atoms. The maximum absolute atomic E-state index is 12.3. The molecule has 0 bridgehead atoms. The van der Waals surface area contributed by atoms with Crippen LogP contribution < -0.4 is 14.5 Å². The summed E-state index contributed by atoms with van der Waals surface area (Å²) >= 11 is 0. The fraction of sp³-hybridized carbons (Fsp3) is 0.381. The second-order valence-electron chi connectivity index (χ2n) is 7.13. The zero-order valence-corrected chi connectivity index (χ0v) is 17.2. The van der Waals surface area contributed by atoms with E-state index in [1.165, 1.54) is 11.3 Å². The number of carbonyl (C=O) groups is 1. The van der Waals surface area contributed by atoms with Gasteiger partial charge in [-0.1, -0.05) is 36.4 Å². The number of hydrogen-bond acceptors (Lipinski definition) is 4. The van der Waals surface area contributed by atoms with Gasteiger partial charge in [0.25, 0.3) is 0 Å². The van der Waals surface area contributed by atoms with Crippen LogP contribution in [0.2, 0.25) is 0 Å². The van der Waals surface area contributed by atoms with Crippen molar-refractivity contribution < 1.29 is 13.2 Å². The lowest BCUT2D eigenvalue weighted by molar-refractivity contribution is -0.119. The van der Waals surface area contributed by atoms with E-state index in [1.54, 1.807) is 12.1 Å². The van der Waals surface area contributed by atoms with E-state index in [9.17, 15) is 13.2 Å². The predicted molar refractivity (Wildman–Crippen MR) is 113 cm³/mol. The van der Waals surface area contributed by atoms with Crippen molar-refractivity contribution in [1.82, 2.24) is 5.32 Å². The monoisotopic (exact) mass is 401 g/mol. The number of rotatable bonds is 8. The third-order valence-electron chi connectivity index (χ3n) is 4.98. The minimum absolute atomic E-state index is 0.212. The van der Waals surface area contributed by atoms with Crippen LogP contribution in [0.3, 0.4) is 0 Å². The average Bonchev–Trinajstić information content (AvgIpc) is 3.06. The number of nitrogens with one attached hydrogen (secondary N) is 1. The number of amides is 1. The first-order chi connectivity index (χ1) is 13.4. The van der Waals surface area contributed by atoms with Crippen molar-refractivity contribution in [2.75, 3.05) is 41.6 Å². The maximum atomic E-state index is 12.3. The highest BCUT2D eigenvalue weighted by molar-refractivity contribution is 7.92. The van der Waals surface area contributed by atoms with E-state index in [4.69, 9.17) is 0 Å². The van der Waals surface area contributed by atoms with Crippen LogP contribution in [0, 0.1) is 6.92 Å². The van der Waals surface area contributed by atoms with Crippen molar-refractivity contribution in [2.45, 2.75) is 19.8 Å². The van der Waals surface area contributed by atoms with Crippen LogP contribution in [0.4, 0.5) is 11.4 Å². The van der Waals surface area contributed by atoms with Gasteiger partial charge in [0, 0.05) is 25.3 Å². The van der Waals surface area contributed by atoms with Crippen LogP contribution >= 0.6 is 0 Å². The summed E-state index contributed by atoms with van der Waals surface area (Å²) in [6.07, 6.45) is 2.99. The molecule has 0 saturated carbocycles. The van der Waals surface area contributed by atoms with Crippen LogP contribution in [0.25, 0.3) is 0 Å². The van der Waals surface area contributed by atoms with Gasteiger partial charge in [0.2, 0.25) is 15.9 Å². The smallest absolute Gasteiger partial charge is 0.240 e. The van der Waals surface area contributed by atoms with Gasteiger partial charge in [-0.3, -0.25) is 9.10 Å². The van der Waals surface area contributed by atoms with Gasteiger partial charge in [-0.25, -0.2) is 8.42 Å². The summed E-state index contributed by atoms with van der Waals surface area (Å²) in [6, 6.07) is 15.6. The zero-order valence-electron chi connectivity index (χ0n) is 16.4. The van der Waals surface area contributed by atoms with E-state index < -0.39 is 10.0 Å². The second kappa shape index (κ2) is 8.65. The van der Waals surface area contributed by atoms with E-state index in [0.29, 0.717) is 12.2 Å². The molecule has 0 radical (unpaired) electrons. The number of aryl methyl sites for hydroxylation is 1. The third kappa shape index (κ3) is 4.84. The number of benzene rings is 2. The lowest BCUT2D eigenvalue weighted by Crippen LogP contribution is -2.41. The largest absolute Gasteiger partial charge is 0.371 e. The molecule has 0 atom stereocenters. The number of para-hydroxylation sites is 2. The second-order valence-corrected chi connectivity index (χ2v) is 9.03. The van der Waals surface area contributed by atoms with E-state index >= 15 is 0 Å². The fourth-order valence-electron chi connectivity index (χ4n) is 3.55. The first-order valence-corrected chi connectivity index (χ1v) is 11.3. The van der Waals surface area contributed by atoms with Gasteiger partial charge < -0.3 is 10.2 Å². The Labute approximate surface area is 167 Å². The summed E-state index contributed by atoms with van der Waals surface area (Å²) in [7, 11) is -3.55. The van der Waals surface area contributed by atoms with Crippen LogP contribution in [0.1, 0.15) is 17.5 Å². The summed E-state index contributed by atoms with van der Waals surface area (Å²) in [4.78, 5) is 14.7. The van der Waals surface area contributed by atoms with Crippen LogP contribution in [0.15, 0.2) is 48.5 Å². The van der Waals surface area contributed by atoms with Crippen LogP contribution in [0.5, 0.6) is 0 Å². The Morgan fingerprint density at radius 2 is 1.86 bits per heavy atom. The number of nitrogens with zero attached hydrogens (tertiary/aromatic N) is 2. The van der Waals surface area contributed by atoms with Gasteiger partial charge in [0.1, 0.15) is 6.54 Å². The molecule has 0 unspecified atom stereocenters. The summed E-state index contributed by atoms with van der Waals surface area (Å²) in [6.45, 7) is 4.01. The zero-order chi connectivity index (χ0) is 20.1. The molecule has 7 heteroatoms. The molecule has 3 rings (SSSR count). The molecule has 2 aromatic carbocycles. The summed E-state index contributed by atoms with van der Waals surface area (Å²) in [5, 5.41) is 2.85. The van der Waals surface area contributed by atoms with Gasteiger partial charge in [-0.2, -0.15) is 0 Å². The molecule has 6 nitrogen and oxygen atoms in total. The topological polar surface area (TPSA) is 69.7 Å². The lowest BCUT2D eigenvalue weighted by atomic mass is 10.2. The quantitative estimate of drug-likeness (QED) is 0.690. The van der Waals surface area contributed by atoms with E-state index in [0.717, 1.165) is 42.1 Å². The molecule has 1 heterocycles. The molecule has 1 aliphatic heterocycles. The van der Waals surface area contributed by atoms with Crippen LogP contribution in [-0.4, -0.2) is 46.8 Å². The van der Waals surface area contributed by atoms with Crippen LogP contribution in [-0.2, 0) is 21.2 Å².